The van der Waals surface area contributed by atoms with Crippen LogP contribution in [0.3, 0.4) is 0 Å². The van der Waals surface area contributed by atoms with Crippen molar-refractivity contribution in [1.82, 2.24) is 0 Å². The first-order chi connectivity index (χ1) is 10.9. The van der Waals surface area contributed by atoms with Crippen molar-refractivity contribution >= 4 is 0 Å². The molecule has 2 nitrogen and oxygen atoms in total. The minimum Gasteiger partial charge on any atom is -0.497 e. The van der Waals surface area contributed by atoms with Gasteiger partial charge in [-0.15, -0.1) is 0 Å². The molecule has 0 radical (unpaired) electrons. The van der Waals surface area contributed by atoms with Gasteiger partial charge in [0.2, 0.25) is 0 Å². The lowest BCUT2D eigenvalue weighted by molar-refractivity contribution is -0.701. The fraction of sp³-hybridized carbons (Fsp3) is 0.333. The van der Waals surface area contributed by atoms with E-state index in [-0.39, 0.29) is 0 Å². The van der Waals surface area contributed by atoms with E-state index in [2.05, 4.69) is 12.2 Å². The maximum atomic E-state index is 12.5. The van der Waals surface area contributed by atoms with Gasteiger partial charge in [-0.2, -0.15) is 13.2 Å². The van der Waals surface area contributed by atoms with Gasteiger partial charge in [0.05, 0.1) is 18.7 Å². The second-order valence-corrected chi connectivity index (χ2v) is 5.66. The molecule has 2 rings (SSSR count). The molecule has 0 saturated heterocycles. The topological polar surface area (TPSA) is 25.8 Å². The standard InChI is InChI=1S/C18H20F3NO/c1-13(11-14-5-9-17(23-2)10-6-14)22-12-15-3-7-16(8-4-15)18(19,20)21/h3-10,13,22H,11-12H2,1-2H3/p+1/t13-/m1/s1. The van der Waals surface area contributed by atoms with Gasteiger partial charge in [-0.05, 0) is 36.8 Å². The summed E-state index contributed by atoms with van der Waals surface area (Å²) in [7, 11) is 1.63. The largest absolute Gasteiger partial charge is 0.497 e. The van der Waals surface area contributed by atoms with E-state index in [0.29, 0.717) is 12.6 Å². The molecule has 23 heavy (non-hydrogen) atoms. The van der Waals surface area contributed by atoms with Crippen LogP contribution in [0.4, 0.5) is 13.2 Å². The average molecular weight is 324 g/mol. The van der Waals surface area contributed by atoms with Crippen molar-refractivity contribution in [3.63, 3.8) is 0 Å². The Kier molecular flexibility index (Phi) is 5.66. The molecule has 0 amide bonds. The fourth-order valence-corrected chi connectivity index (χ4v) is 2.38. The highest BCUT2D eigenvalue weighted by molar-refractivity contribution is 5.27. The van der Waals surface area contributed by atoms with Crippen LogP contribution in [0.25, 0.3) is 0 Å². The molecule has 0 aliphatic rings. The van der Waals surface area contributed by atoms with Crippen LogP contribution in [0.2, 0.25) is 0 Å². The zero-order valence-electron chi connectivity index (χ0n) is 13.2. The lowest BCUT2D eigenvalue weighted by Crippen LogP contribution is -2.88. The molecule has 0 aliphatic heterocycles. The second kappa shape index (κ2) is 7.51. The first-order valence-electron chi connectivity index (χ1n) is 7.51. The van der Waals surface area contributed by atoms with Gasteiger partial charge in [0.25, 0.3) is 0 Å². The highest BCUT2D eigenvalue weighted by Crippen LogP contribution is 2.28. The van der Waals surface area contributed by atoms with Crippen molar-refractivity contribution in [2.75, 3.05) is 7.11 Å². The Balaban J connectivity index is 1.84. The number of methoxy groups -OCH3 is 1. The zero-order chi connectivity index (χ0) is 16.9. The Hall–Kier alpha value is -2.01. The van der Waals surface area contributed by atoms with E-state index in [4.69, 9.17) is 4.74 Å². The third-order valence-electron chi connectivity index (χ3n) is 3.75. The van der Waals surface area contributed by atoms with Crippen LogP contribution in [0.1, 0.15) is 23.6 Å². The minimum absolute atomic E-state index is 0.339. The number of benzene rings is 2. The number of ether oxygens (including phenoxy) is 1. The summed E-state index contributed by atoms with van der Waals surface area (Å²) in [5.41, 5.74) is 1.49. The van der Waals surface area contributed by atoms with E-state index in [1.165, 1.54) is 5.56 Å². The van der Waals surface area contributed by atoms with Crippen LogP contribution in [0, 0.1) is 0 Å². The highest BCUT2D eigenvalue weighted by atomic mass is 19.4. The van der Waals surface area contributed by atoms with Crippen molar-refractivity contribution < 1.29 is 23.2 Å². The van der Waals surface area contributed by atoms with Crippen molar-refractivity contribution in [1.29, 1.82) is 0 Å². The first-order valence-corrected chi connectivity index (χ1v) is 7.51. The molecule has 0 heterocycles. The van der Waals surface area contributed by atoms with Gasteiger partial charge >= 0.3 is 6.18 Å². The second-order valence-electron chi connectivity index (χ2n) is 5.66. The minimum atomic E-state index is -4.27. The summed E-state index contributed by atoms with van der Waals surface area (Å²) in [6.45, 7) is 2.77. The van der Waals surface area contributed by atoms with E-state index in [0.717, 1.165) is 29.9 Å². The molecule has 0 spiro atoms. The molecule has 0 fully saturated rings. The van der Waals surface area contributed by atoms with Gasteiger partial charge in [-0.25, -0.2) is 0 Å². The molecule has 0 bridgehead atoms. The predicted molar refractivity (Wildman–Crippen MR) is 83.2 cm³/mol. The molecule has 124 valence electrons. The summed E-state index contributed by atoms with van der Waals surface area (Å²) < 4.78 is 42.7. The lowest BCUT2D eigenvalue weighted by Gasteiger charge is -2.12. The number of hydrogen-bond acceptors (Lipinski definition) is 1. The lowest BCUT2D eigenvalue weighted by atomic mass is 10.1. The molecule has 2 N–H and O–H groups in total. The summed E-state index contributed by atoms with van der Waals surface area (Å²) >= 11 is 0. The Labute approximate surface area is 134 Å². The van der Waals surface area contributed by atoms with Gasteiger partial charge in [0.1, 0.15) is 12.3 Å². The van der Waals surface area contributed by atoms with E-state index >= 15 is 0 Å². The molecule has 0 unspecified atom stereocenters. The Morgan fingerprint density at radius 2 is 1.52 bits per heavy atom. The van der Waals surface area contributed by atoms with Crippen LogP contribution in [-0.4, -0.2) is 13.2 Å². The Morgan fingerprint density at radius 3 is 2.04 bits per heavy atom. The SMILES string of the molecule is COc1ccc(C[C@@H](C)[NH2+]Cc2ccc(C(F)(F)F)cc2)cc1. The van der Waals surface area contributed by atoms with Crippen LogP contribution < -0.4 is 10.1 Å². The first kappa shape index (κ1) is 17.3. The van der Waals surface area contributed by atoms with E-state index in [1.807, 2.05) is 24.3 Å². The van der Waals surface area contributed by atoms with Gasteiger partial charge in [0.15, 0.2) is 0 Å². The molecule has 1 atom stereocenters. The molecule has 0 saturated carbocycles. The smallest absolute Gasteiger partial charge is 0.416 e. The third kappa shape index (κ3) is 5.28. The zero-order valence-corrected chi connectivity index (χ0v) is 13.2. The van der Waals surface area contributed by atoms with Gasteiger partial charge in [-0.1, -0.05) is 24.3 Å². The van der Waals surface area contributed by atoms with Crippen molar-refractivity contribution in [3.8, 4) is 5.75 Å². The van der Waals surface area contributed by atoms with E-state index in [1.54, 1.807) is 19.2 Å². The number of quaternary nitrogens is 1. The van der Waals surface area contributed by atoms with Crippen LogP contribution >= 0.6 is 0 Å². The van der Waals surface area contributed by atoms with Crippen LogP contribution in [0.15, 0.2) is 48.5 Å². The normalized spacial score (nSPS) is 12.9. The molecular weight excluding hydrogens is 303 g/mol. The molecule has 0 aliphatic carbocycles. The summed E-state index contributed by atoms with van der Waals surface area (Å²) in [6.07, 6.45) is -3.38. The third-order valence-corrected chi connectivity index (χ3v) is 3.75. The molecular formula is C18H21F3NO+. The van der Waals surface area contributed by atoms with Crippen molar-refractivity contribution in [2.24, 2.45) is 0 Å². The number of rotatable bonds is 6. The summed E-state index contributed by atoms with van der Waals surface area (Å²) in [4.78, 5) is 0. The van der Waals surface area contributed by atoms with Crippen LogP contribution in [-0.2, 0) is 19.1 Å². The molecule has 0 aromatic heterocycles. The number of halogens is 3. The summed E-state index contributed by atoms with van der Waals surface area (Å²) in [5.74, 6) is 0.829. The molecule has 2 aromatic rings. The van der Waals surface area contributed by atoms with Gasteiger partial charge in [-0.3, -0.25) is 0 Å². The van der Waals surface area contributed by atoms with E-state index in [9.17, 15) is 13.2 Å². The van der Waals surface area contributed by atoms with E-state index < -0.39 is 11.7 Å². The fourth-order valence-electron chi connectivity index (χ4n) is 2.38. The Morgan fingerprint density at radius 1 is 0.957 bits per heavy atom. The summed E-state index contributed by atoms with van der Waals surface area (Å²) in [6, 6.07) is 13.6. The predicted octanol–water partition coefficient (Wildman–Crippen LogP) is 3.41. The van der Waals surface area contributed by atoms with Gasteiger partial charge in [0, 0.05) is 12.0 Å². The monoisotopic (exact) mass is 324 g/mol. The number of alkyl halides is 3. The number of hydrogen-bond donors (Lipinski definition) is 1. The summed E-state index contributed by atoms with van der Waals surface area (Å²) in [5, 5.41) is 2.13. The highest BCUT2D eigenvalue weighted by Gasteiger charge is 2.29. The number of nitrogens with two attached hydrogens (primary N) is 1. The van der Waals surface area contributed by atoms with Crippen molar-refractivity contribution in [2.45, 2.75) is 32.1 Å². The average Bonchev–Trinajstić information content (AvgIpc) is 2.53. The Bertz CT molecular complexity index is 606. The molecule has 5 heteroatoms. The van der Waals surface area contributed by atoms with Gasteiger partial charge < -0.3 is 10.1 Å². The maximum absolute atomic E-state index is 12.5. The van der Waals surface area contributed by atoms with Crippen LogP contribution in [0.5, 0.6) is 5.75 Å². The quantitative estimate of drug-likeness (QED) is 0.866. The maximum Gasteiger partial charge on any atom is 0.416 e. The molecule has 2 aromatic carbocycles. The van der Waals surface area contributed by atoms with Crippen molar-refractivity contribution in [3.05, 3.63) is 65.2 Å².